The van der Waals surface area contributed by atoms with Gasteiger partial charge in [-0.2, -0.15) is 0 Å². The van der Waals surface area contributed by atoms with Gasteiger partial charge in [-0.25, -0.2) is 0 Å². The molecule has 1 aromatic heterocycles. The molecule has 2 heterocycles. The lowest BCUT2D eigenvalue weighted by Crippen LogP contribution is -2.27. The van der Waals surface area contributed by atoms with Crippen LogP contribution in [0.4, 0.5) is 4.79 Å². The minimum atomic E-state index is -0.259. The third kappa shape index (κ3) is 3.84. The second kappa shape index (κ2) is 8.21. The number of halogens is 1. The van der Waals surface area contributed by atoms with E-state index in [9.17, 15) is 9.59 Å². The van der Waals surface area contributed by atoms with Crippen molar-refractivity contribution in [3.05, 3.63) is 106 Å². The van der Waals surface area contributed by atoms with Gasteiger partial charge in [-0.15, -0.1) is 0 Å². The van der Waals surface area contributed by atoms with Crippen LogP contribution in [0.2, 0.25) is 0 Å². The van der Waals surface area contributed by atoms with E-state index < -0.39 is 0 Å². The van der Waals surface area contributed by atoms with Crippen molar-refractivity contribution in [2.24, 2.45) is 0 Å². The van der Waals surface area contributed by atoms with E-state index in [1.54, 1.807) is 6.08 Å². The maximum atomic E-state index is 13.1. The van der Waals surface area contributed by atoms with Crippen LogP contribution < -0.4 is 0 Å². The molecule has 0 atom stereocenters. The summed E-state index contributed by atoms with van der Waals surface area (Å²) in [5.41, 5.74) is 2.77. The molecule has 0 aliphatic carbocycles. The number of aromatic nitrogens is 1. The number of carbonyl (C=O) groups excluding carboxylic acids is 2. The fourth-order valence-corrected chi connectivity index (χ4v) is 4.95. The number of imide groups is 1. The molecule has 1 aliphatic heterocycles. The summed E-state index contributed by atoms with van der Waals surface area (Å²) in [5.74, 6) is -0.259. The van der Waals surface area contributed by atoms with Crippen molar-refractivity contribution in [1.29, 1.82) is 0 Å². The minimum Gasteiger partial charge on any atom is -0.317 e. The van der Waals surface area contributed by atoms with Crippen molar-refractivity contribution in [2.45, 2.75) is 6.54 Å². The highest BCUT2D eigenvalue weighted by Crippen LogP contribution is 2.34. The molecule has 31 heavy (non-hydrogen) atoms. The first-order valence-corrected chi connectivity index (χ1v) is 11.4. The molecule has 0 saturated carbocycles. The lowest BCUT2D eigenvalue weighted by molar-refractivity contribution is -0.123. The fourth-order valence-electron chi connectivity index (χ4n) is 3.74. The van der Waals surface area contributed by atoms with Gasteiger partial charge in [-0.1, -0.05) is 64.5 Å². The number of hydrogen-bond donors (Lipinski definition) is 0. The Bertz CT molecular complexity index is 1350. The Hall–Kier alpha value is -3.09. The zero-order valence-electron chi connectivity index (χ0n) is 16.4. The number of thioether (sulfide) groups is 1. The van der Waals surface area contributed by atoms with Gasteiger partial charge in [0.15, 0.2) is 0 Å². The first kappa shape index (κ1) is 19.8. The van der Waals surface area contributed by atoms with Gasteiger partial charge < -0.3 is 4.57 Å². The summed E-state index contributed by atoms with van der Waals surface area (Å²) in [6.07, 6.45) is 3.73. The van der Waals surface area contributed by atoms with Crippen LogP contribution in [-0.4, -0.2) is 20.6 Å². The van der Waals surface area contributed by atoms with E-state index in [-0.39, 0.29) is 17.7 Å². The van der Waals surface area contributed by atoms with Gasteiger partial charge in [0.25, 0.3) is 11.1 Å². The average molecular weight is 489 g/mol. The normalized spacial score (nSPS) is 15.4. The van der Waals surface area contributed by atoms with Gasteiger partial charge in [-0.3, -0.25) is 14.5 Å². The lowest BCUT2D eigenvalue weighted by Gasteiger charge is -2.14. The summed E-state index contributed by atoms with van der Waals surface area (Å²) < 4.78 is 2.96. The number of fused-ring (bicyclic) bond motifs is 1. The second-order valence-electron chi connectivity index (χ2n) is 7.19. The monoisotopic (exact) mass is 488 g/mol. The number of nitrogens with zero attached hydrogens (tertiary/aromatic N) is 2. The van der Waals surface area contributed by atoms with E-state index in [0.717, 1.165) is 44.0 Å². The van der Waals surface area contributed by atoms with Crippen LogP contribution in [0.1, 0.15) is 11.3 Å². The number of amides is 2. The molecular formula is C25H17BrN2O2S. The predicted octanol–water partition coefficient (Wildman–Crippen LogP) is 6.63. The van der Waals surface area contributed by atoms with Gasteiger partial charge in [-0.05, 0) is 64.5 Å². The Balaban J connectivity index is 1.45. The molecule has 152 valence electrons. The zero-order chi connectivity index (χ0) is 21.4. The van der Waals surface area contributed by atoms with E-state index in [1.807, 2.05) is 89.6 Å². The molecule has 1 saturated heterocycles. The van der Waals surface area contributed by atoms with Crippen molar-refractivity contribution in [3.8, 4) is 5.69 Å². The molecule has 1 aliphatic rings. The molecule has 4 aromatic rings. The molecule has 0 radical (unpaired) electrons. The van der Waals surface area contributed by atoms with Crippen LogP contribution in [0, 0.1) is 0 Å². The maximum Gasteiger partial charge on any atom is 0.293 e. The first-order chi connectivity index (χ1) is 15.1. The van der Waals surface area contributed by atoms with Crippen LogP contribution >= 0.6 is 27.7 Å². The average Bonchev–Trinajstić information content (AvgIpc) is 3.34. The quantitative estimate of drug-likeness (QED) is 0.302. The molecule has 2 amide bonds. The first-order valence-electron chi connectivity index (χ1n) is 9.75. The van der Waals surface area contributed by atoms with Gasteiger partial charge >= 0.3 is 0 Å². The van der Waals surface area contributed by atoms with Crippen molar-refractivity contribution in [1.82, 2.24) is 9.47 Å². The van der Waals surface area contributed by atoms with Crippen molar-refractivity contribution in [2.75, 3.05) is 0 Å². The van der Waals surface area contributed by atoms with E-state index in [0.29, 0.717) is 4.91 Å². The summed E-state index contributed by atoms with van der Waals surface area (Å²) in [6, 6.07) is 25.7. The third-order valence-electron chi connectivity index (χ3n) is 5.23. The molecule has 5 rings (SSSR count). The number of hydrogen-bond acceptors (Lipinski definition) is 3. The summed E-state index contributed by atoms with van der Waals surface area (Å²) in [5, 5.41) is 1.90. The second-order valence-corrected chi connectivity index (χ2v) is 9.10. The largest absolute Gasteiger partial charge is 0.317 e. The molecule has 0 bridgehead atoms. The molecule has 3 aromatic carbocycles. The van der Waals surface area contributed by atoms with Crippen molar-refractivity contribution >= 4 is 55.7 Å². The van der Waals surface area contributed by atoms with Crippen LogP contribution in [0.3, 0.4) is 0 Å². The smallest absolute Gasteiger partial charge is 0.293 e. The summed E-state index contributed by atoms with van der Waals surface area (Å²) in [7, 11) is 0. The minimum absolute atomic E-state index is 0.246. The molecule has 4 nitrogen and oxygen atoms in total. The van der Waals surface area contributed by atoms with Gasteiger partial charge in [0, 0.05) is 22.1 Å². The molecular weight excluding hydrogens is 472 g/mol. The zero-order valence-corrected chi connectivity index (χ0v) is 18.8. The summed E-state index contributed by atoms with van der Waals surface area (Å²) in [6.45, 7) is 0.260. The Labute approximate surface area is 192 Å². The Morgan fingerprint density at radius 3 is 2.58 bits per heavy atom. The number of carbonyl (C=O) groups is 2. The van der Waals surface area contributed by atoms with Gasteiger partial charge in [0.2, 0.25) is 0 Å². The van der Waals surface area contributed by atoms with Crippen LogP contribution in [0.15, 0.2) is 94.4 Å². The Morgan fingerprint density at radius 2 is 1.71 bits per heavy atom. The summed E-state index contributed by atoms with van der Waals surface area (Å²) in [4.78, 5) is 27.5. The van der Waals surface area contributed by atoms with Crippen LogP contribution in [0.25, 0.3) is 22.5 Å². The molecule has 0 spiro atoms. The fraction of sp³-hybridized carbons (Fsp3) is 0.0400. The molecule has 1 fully saturated rings. The SMILES string of the molecule is O=C1S/C(=C/c2cccn2-c2cccc(Br)c2)C(=O)N1Cc1cccc2ccccc12. The predicted molar refractivity (Wildman–Crippen MR) is 129 cm³/mol. The van der Waals surface area contributed by atoms with E-state index in [2.05, 4.69) is 15.9 Å². The van der Waals surface area contributed by atoms with Crippen molar-refractivity contribution < 1.29 is 9.59 Å². The van der Waals surface area contributed by atoms with E-state index in [4.69, 9.17) is 0 Å². The maximum absolute atomic E-state index is 13.1. The van der Waals surface area contributed by atoms with Gasteiger partial charge in [0.05, 0.1) is 11.4 Å². The Morgan fingerprint density at radius 1 is 0.903 bits per heavy atom. The highest BCUT2D eigenvalue weighted by atomic mass is 79.9. The topological polar surface area (TPSA) is 42.3 Å². The molecule has 0 unspecified atom stereocenters. The third-order valence-corrected chi connectivity index (χ3v) is 6.63. The standard InChI is InChI=1S/C25H17BrN2O2S/c26-19-9-4-10-20(14-19)27-13-5-11-21(27)15-23-24(29)28(25(30)31-23)16-18-8-3-7-17-6-1-2-12-22(17)18/h1-15H,16H2/b23-15+. The highest BCUT2D eigenvalue weighted by Gasteiger charge is 2.35. The molecule has 6 heteroatoms. The lowest BCUT2D eigenvalue weighted by atomic mass is 10.0. The van der Waals surface area contributed by atoms with Crippen molar-refractivity contribution in [3.63, 3.8) is 0 Å². The number of benzene rings is 3. The van der Waals surface area contributed by atoms with Crippen LogP contribution in [-0.2, 0) is 11.3 Å². The summed E-state index contributed by atoms with van der Waals surface area (Å²) >= 11 is 4.48. The molecule has 0 N–H and O–H groups in total. The Kier molecular flexibility index (Phi) is 5.26. The van der Waals surface area contributed by atoms with E-state index >= 15 is 0 Å². The number of rotatable bonds is 4. The highest BCUT2D eigenvalue weighted by molar-refractivity contribution is 9.10. The van der Waals surface area contributed by atoms with Gasteiger partial charge in [0.1, 0.15) is 0 Å². The van der Waals surface area contributed by atoms with Crippen LogP contribution in [0.5, 0.6) is 0 Å². The van der Waals surface area contributed by atoms with E-state index in [1.165, 1.54) is 4.90 Å².